The Hall–Kier alpha value is -1.15. The predicted octanol–water partition coefficient (Wildman–Crippen LogP) is 3.24. The van der Waals surface area contributed by atoms with Crippen LogP contribution in [0.5, 0.6) is 0 Å². The maximum Gasteiger partial charge on any atom is 0.150 e. The number of unbranched alkanes of at least 4 members (excludes halogenated alkanes) is 3. The van der Waals surface area contributed by atoms with Crippen LogP contribution in [0.25, 0.3) is 0 Å². The van der Waals surface area contributed by atoms with Gasteiger partial charge in [-0.2, -0.15) is 0 Å². The molecule has 1 aromatic carbocycles. The van der Waals surface area contributed by atoms with Gasteiger partial charge in [-0.15, -0.1) is 0 Å². The van der Waals surface area contributed by atoms with Crippen molar-refractivity contribution in [3.63, 3.8) is 0 Å². The molecule has 0 bridgehead atoms. The summed E-state index contributed by atoms with van der Waals surface area (Å²) in [5.41, 5.74) is 2.68. The van der Waals surface area contributed by atoms with Gasteiger partial charge in [-0.1, -0.05) is 50.5 Å². The monoisotopic (exact) mass is 245 g/mol. The quantitative estimate of drug-likeness (QED) is 0.780. The third kappa shape index (κ3) is 3.42. The molecule has 0 radical (unpaired) electrons. The van der Waals surface area contributed by atoms with Crippen LogP contribution in [0.2, 0.25) is 0 Å². The Balaban J connectivity index is 1.83. The Kier molecular flexibility index (Phi) is 4.94. The van der Waals surface area contributed by atoms with E-state index in [0.717, 1.165) is 25.8 Å². The topological polar surface area (TPSA) is 29.1 Å². The molecular weight excluding hydrogens is 222 g/mol. The second-order valence-electron chi connectivity index (χ2n) is 5.18. The van der Waals surface area contributed by atoms with Crippen molar-refractivity contribution in [1.29, 1.82) is 0 Å². The number of hydrogen-bond acceptors (Lipinski definition) is 2. The fourth-order valence-electron chi connectivity index (χ4n) is 2.58. The minimum atomic E-state index is 0.0431. The van der Waals surface area contributed by atoms with Crippen molar-refractivity contribution in [2.24, 2.45) is 0 Å². The fourth-order valence-corrected chi connectivity index (χ4v) is 2.58. The average Bonchev–Trinajstić information content (AvgIpc) is 2.43. The molecule has 0 saturated heterocycles. The smallest absolute Gasteiger partial charge is 0.150 e. The predicted molar refractivity (Wildman–Crippen MR) is 74.5 cm³/mol. The molecule has 1 heterocycles. The van der Waals surface area contributed by atoms with Crippen LogP contribution in [0.1, 0.15) is 50.2 Å². The number of carbonyl (C=O) groups excluding carboxylic acids is 1. The van der Waals surface area contributed by atoms with Gasteiger partial charge in [-0.05, 0) is 24.0 Å². The number of fused-ring (bicyclic) bond motifs is 1. The molecule has 0 aliphatic carbocycles. The average molecular weight is 245 g/mol. The van der Waals surface area contributed by atoms with Crippen LogP contribution in [0.3, 0.4) is 0 Å². The highest BCUT2D eigenvalue weighted by Gasteiger charge is 2.22. The number of rotatable bonds is 6. The van der Waals surface area contributed by atoms with Crippen molar-refractivity contribution in [3.8, 4) is 0 Å². The molecule has 1 N–H and O–H groups in total. The van der Waals surface area contributed by atoms with E-state index in [1.807, 2.05) is 0 Å². The van der Waals surface area contributed by atoms with Crippen molar-refractivity contribution >= 4 is 5.78 Å². The molecule has 18 heavy (non-hydrogen) atoms. The standard InChI is InChI=1S/C16H23NO/c1-2-3-4-5-10-16(18)15-11-13-8-6-7-9-14(13)12-17-15/h6-9,15,17H,2-5,10-12H2,1H3. The molecule has 0 saturated carbocycles. The van der Waals surface area contributed by atoms with E-state index in [0.29, 0.717) is 5.78 Å². The van der Waals surface area contributed by atoms with E-state index in [4.69, 9.17) is 0 Å². The molecule has 1 aliphatic heterocycles. The molecule has 0 spiro atoms. The van der Waals surface area contributed by atoms with Crippen molar-refractivity contribution in [2.75, 3.05) is 0 Å². The van der Waals surface area contributed by atoms with Gasteiger partial charge in [0.05, 0.1) is 6.04 Å². The first-order chi connectivity index (χ1) is 8.81. The summed E-state index contributed by atoms with van der Waals surface area (Å²) in [6, 6.07) is 8.46. The highest BCUT2D eigenvalue weighted by atomic mass is 16.1. The zero-order chi connectivity index (χ0) is 12.8. The first kappa shape index (κ1) is 13.3. The van der Waals surface area contributed by atoms with E-state index < -0.39 is 0 Å². The third-order valence-corrected chi connectivity index (χ3v) is 3.75. The molecule has 2 rings (SSSR count). The molecule has 1 aromatic rings. The van der Waals surface area contributed by atoms with Crippen molar-refractivity contribution < 1.29 is 4.79 Å². The van der Waals surface area contributed by atoms with E-state index in [1.54, 1.807) is 0 Å². The molecule has 98 valence electrons. The number of benzene rings is 1. The first-order valence-corrected chi connectivity index (χ1v) is 7.14. The van der Waals surface area contributed by atoms with E-state index in [1.165, 1.54) is 30.4 Å². The van der Waals surface area contributed by atoms with Gasteiger partial charge in [0.25, 0.3) is 0 Å². The second kappa shape index (κ2) is 6.69. The first-order valence-electron chi connectivity index (χ1n) is 7.14. The summed E-state index contributed by atoms with van der Waals surface area (Å²) in [7, 11) is 0. The SMILES string of the molecule is CCCCCCC(=O)C1Cc2ccccc2CN1. The third-order valence-electron chi connectivity index (χ3n) is 3.75. The fraction of sp³-hybridized carbons (Fsp3) is 0.562. The minimum Gasteiger partial charge on any atom is -0.303 e. The molecule has 0 fully saturated rings. The Morgan fingerprint density at radius 3 is 2.78 bits per heavy atom. The van der Waals surface area contributed by atoms with Crippen LogP contribution in [0.15, 0.2) is 24.3 Å². The normalized spacial score (nSPS) is 18.4. The van der Waals surface area contributed by atoms with Crippen LogP contribution in [-0.2, 0) is 17.8 Å². The van der Waals surface area contributed by atoms with Gasteiger partial charge >= 0.3 is 0 Å². The highest BCUT2D eigenvalue weighted by Crippen LogP contribution is 2.18. The maximum absolute atomic E-state index is 12.1. The van der Waals surface area contributed by atoms with E-state index in [9.17, 15) is 4.79 Å². The molecule has 1 aliphatic rings. The lowest BCUT2D eigenvalue weighted by Gasteiger charge is -2.25. The van der Waals surface area contributed by atoms with E-state index >= 15 is 0 Å². The van der Waals surface area contributed by atoms with Gasteiger partial charge in [0.15, 0.2) is 0 Å². The van der Waals surface area contributed by atoms with Gasteiger partial charge in [0, 0.05) is 13.0 Å². The minimum absolute atomic E-state index is 0.0431. The molecule has 1 atom stereocenters. The zero-order valence-electron chi connectivity index (χ0n) is 11.2. The molecule has 2 nitrogen and oxygen atoms in total. The van der Waals surface area contributed by atoms with Crippen LogP contribution in [0.4, 0.5) is 0 Å². The summed E-state index contributed by atoms with van der Waals surface area (Å²) < 4.78 is 0. The molecule has 0 amide bonds. The largest absolute Gasteiger partial charge is 0.303 e. The number of Topliss-reactive ketones (excluding diaryl/α,β-unsaturated/α-hetero) is 1. The van der Waals surface area contributed by atoms with Crippen LogP contribution in [-0.4, -0.2) is 11.8 Å². The van der Waals surface area contributed by atoms with Crippen molar-refractivity contribution in [2.45, 2.75) is 58.0 Å². The lowest BCUT2D eigenvalue weighted by Crippen LogP contribution is -2.41. The van der Waals surface area contributed by atoms with Gasteiger partial charge in [0.2, 0.25) is 0 Å². The number of ketones is 1. The Morgan fingerprint density at radius 1 is 1.22 bits per heavy atom. The molecule has 1 unspecified atom stereocenters. The summed E-state index contributed by atoms with van der Waals surface area (Å²) in [6.45, 7) is 3.03. The summed E-state index contributed by atoms with van der Waals surface area (Å²) in [5, 5.41) is 3.37. The highest BCUT2D eigenvalue weighted by molar-refractivity contribution is 5.84. The summed E-state index contributed by atoms with van der Waals surface area (Å²) in [6.07, 6.45) is 6.30. The number of carbonyl (C=O) groups is 1. The Bertz CT molecular complexity index is 400. The lowest BCUT2D eigenvalue weighted by molar-refractivity contribution is -0.121. The number of nitrogens with one attached hydrogen (secondary N) is 1. The van der Waals surface area contributed by atoms with Gasteiger partial charge in [-0.3, -0.25) is 4.79 Å². The van der Waals surface area contributed by atoms with Crippen molar-refractivity contribution in [1.82, 2.24) is 5.32 Å². The van der Waals surface area contributed by atoms with E-state index in [-0.39, 0.29) is 6.04 Å². The molecule has 2 heteroatoms. The Morgan fingerprint density at radius 2 is 2.00 bits per heavy atom. The summed E-state index contributed by atoms with van der Waals surface area (Å²) >= 11 is 0. The van der Waals surface area contributed by atoms with Gasteiger partial charge in [-0.25, -0.2) is 0 Å². The Labute approximate surface area is 110 Å². The van der Waals surface area contributed by atoms with Gasteiger partial charge in [0.1, 0.15) is 5.78 Å². The van der Waals surface area contributed by atoms with Crippen LogP contribution in [0, 0.1) is 0 Å². The maximum atomic E-state index is 12.1. The van der Waals surface area contributed by atoms with Crippen LogP contribution >= 0.6 is 0 Å². The van der Waals surface area contributed by atoms with Gasteiger partial charge < -0.3 is 5.32 Å². The zero-order valence-corrected chi connectivity index (χ0v) is 11.2. The molecule has 0 aromatic heterocycles. The summed E-state index contributed by atoms with van der Waals surface area (Å²) in [5.74, 6) is 0.389. The summed E-state index contributed by atoms with van der Waals surface area (Å²) in [4.78, 5) is 12.1. The van der Waals surface area contributed by atoms with Crippen molar-refractivity contribution in [3.05, 3.63) is 35.4 Å². The van der Waals surface area contributed by atoms with E-state index in [2.05, 4.69) is 36.5 Å². The lowest BCUT2D eigenvalue weighted by atomic mass is 9.92. The second-order valence-corrected chi connectivity index (χ2v) is 5.18. The molecular formula is C16H23NO. The number of hydrogen-bond donors (Lipinski definition) is 1. The van der Waals surface area contributed by atoms with Crippen LogP contribution < -0.4 is 5.32 Å².